The number of fused-ring (bicyclic) bond motifs is 1. The molecule has 4 aromatic rings. The Kier molecular flexibility index (Phi) is 4.20. The van der Waals surface area contributed by atoms with Gasteiger partial charge in [0.2, 0.25) is 5.89 Å². The zero-order valence-corrected chi connectivity index (χ0v) is 17.5. The Morgan fingerprint density at radius 3 is 2.00 bits per heavy atom. The molecule has 0 aliphatic carbocycles. The van der Waals surface area contributed by atoms with Gasteiger partial charge in [-0.15, -0.1) is 5.23 Å². The van der Waals surface area contributed by atoms with E-state index in [1.165, 1.54) is 5.23 Å². The predicted molar refractivity (Wildman–Crippen MR) is 118 cm³/mol. The van der Waals surface area contributed by atoms with Gasteiger partial charge in [-0.2, -0.15) is 0 Å². The first-order valence-electron chi connectivity index (χ1n) is 10.1. The Morgan fingerprint density at radius 1 is 0.700 bits per heavy atom. The lowest BCUT2D eigenvalue weighted by atomic mass is 9.90. The Bertz CT molecular complexity index is 1180. The van der Waals surface area contributed by atoms with Crippen molar-refractivity contribution in [1.82, 2.24) is 4.98 Å². The Hall–Kier alpha value is -3.15. The fraction of sp³-hybridized carbons (Fsp3) is 0.240. The van der Waals surface area contributed by atoms with Gasteiger partial charge >= 0.3 is 0 Å². The van der Waals surface area contributed by atoms with Crippen molar-refractivity contribution >= 4 is 16.8 Å². The predicted octanol–water partition coefficient (Wildman–Crippen LogP) is 6.40. The molecule has 30 heavy (non-hydrogen) atoms. The molecule has 0 bridgehead atoms. The van der Waals surface area contributed by atoms with Crippen LogP contribution in [0.4, 0.5) is 5.69 Å². The third kappa shape index (κ3) is 3.16. The van der Waals surface area contributed by atoms with Crippen molar-refractivity contribution in [3.8, 4) is 22.6 Å². The van der Waals surface area contributed by atoms with Gasteiger partial charge in [-0.25, -0.2) is 14.7 Å². The van der Waals surface area contributed by atoms with Crippen LogP contribution in [0, 0.1) is 0 Å². The number of oxazole rings is 1. The first-order chi connectivity index (χ1) is 14.3. The summed E-state index contributed by atoms with van der Waals surface area (Å²) in [4.78, 5) is 16.6. The number of benzene rings is 3. The van der Waals surface area contributed by atoms with Gasteiger partial charge in [0.15, 0.2) is 5.58 Å². The highest BCUT2D eigenvalue weighted by atomic mass is 17.0. The van der Waals surface area contributed by atoms with E-state index in [2.05, 4.69) is 23.2 Å². The molecular weight excluding hydrogens is 376 g/mol. The van der Waals surface area contributed by atoms with Crippen LogP contribution in [0.1, 0.15) is 27.7 Å². The van der Waals surface area contributed by atoms with Crippen molar-refractivity contribution in [2.45, 2.75) is 38.9 Å². The van der Waals surface area contributed by atoms with Gasteiger partial charge in [0.25, 0.3) is 0 Å². The highest BCUT2D eigenvalue weighted by molar-refractivity contribution is 5.82. The van der Waals surface area contributed by atoms with Gasteiger partial charge < -0.3 is 4.42 Å². The molecule has 5 nitrogen and oxygen atoms in total. The zero-order chi connectivity index (χ0) is 20.9. The van der Waals surface area contributed by atoms with E-state index in [4.69, 9.17) is 14.1 Å². The lowest BCUT2D eigenvalue weighted by Crippen LogP contribution is -2.41. The third-order valence-electron chi connectivity index (χ3n) is 5.89. The molecule has 0 N–H and O–H groups in total. The first kappa shape index (κ1) is 18.9. The van der Waals surface area contributed by atoms with Gasteiger partial charge in [0.05, 0.1) is 5.69 Å². The van der Waals surface area contributed by atoms with E-state index in [0.717, 1.165) is 33.5 Å². The van der Waals surface area contributed by atoms with Crippen molar-refractivity contribution in [1.29, 1.82) is 0 Å². The van der Waals surface area contributed by atoms with Crippen LogP contribution in [0.15, 0.2) is 77.2 Å². The summed E-state index contributed by atoms with van der Waals surface area (Å²) in [5.74, 6) is 0.589. The summed E-state index contributed by atoms with van der Waals surface area (Å²) >= 11 is 0. The zero-order valence-electron chi connectivity index (χ0n) is 17.5. The highest BCUT2D eigenvalue weighted by Crippen LogP contribution is 2.40. The summed E-state index contributed by atoms with van der Waals surface area (Å²) in [6.45, 7) is 8.07. The summed E-state index contributed by atoms with van der Waals surface area (Å²) < 4.78 is 6.06. The SMILES string of the molecule is CC1(C)ON(c2ccc(-c3nc4ccc(-c5ccccc5)cc4o3)cc2)OC1(C)C. The summed E-state index contributed by atoms with van der Waals surface area (Å²) in [6.07, 6.45) is 0. The van der Waals surface area contributed by atoms with Crippen molar-refractivity contribution < 1.29 is 14.1 Å². The number of anilines is 1. The maximum absolute atomic E-state index is 6.06. The van der Waals surface area contributed by atoms with Crippen molar-refractivity contribution in [3.05, 3.63) is 72.8 Å². The van der Waals surface area contributed by atoms with Crippen LogP contribution in [-0.2, 0) is 9.68 Å². The number of rotatable bonds is 3. The van der Waals surface area contributed by atoms with Gasteiger partial charge in [0.1, 0.15) is 16.7 Å². The average Bonchev–Trinajstić information content (AvgIpc) is 3.26. The van der Waals surface area contributed by atoms with Crippen LogP contribution in [0.2, 0.25) is 0 Å². The number of hydrogen-bond donors (Lipinski definition) is 0. The van der Waals surface area contributed by atoms with Crippen molar-refractivity contribution in [2.75, 3.05) is 5.23 Å². The maximum atomic E-state index is 6.06. The molecule has 1 fully saturated rings. The normalized spacial score (nSPS) is 17.5. The fourth-order valence-corrected chi connectivity index (χ4v) is 3.34. The molecule has 0 atom stereocenters. The van der Waals surface area contributed by atoms with Crippen LogP contribution in [0.3, 0.4) is 0 Å². The summed E-state index contributed by atoms with van der Waals surface area (Å²) in [7, 11) is 0. The second kappa shape index (κ2) is 6.69. The minimum Gasteiger partial charge on any atom is -0.436 e. The van der Waals surface area contributed by atoms with Crippen LogP contribution < -0.4 is 5.23 Å². The standard InChI is InChI=1S/C25H24N2O3/c1-24(2)25(3,4)30-27(29-24)20-13-10-18(11-14-20)23-26-21-15-12-19(16-22(21)28-23)17-8-6-5-7-9-17/h5-16H,1-4H3. The van der Waals surface area contributed by atoms with Crippen LogP contribution in [0.25, 0.3) is 33.7 Å². The molecule has 1 aliphatic heterocycles. The molecule has 1 aromatic heterocycles. The lowest BCUT2D eigenvalue weighted by Gasteiger charge is -2.26. The summed E-state index contributed by atoms with van der Waals surface area (Å²) in [5.41, 5.74) is 4.72. The number of hydrogen-bond acceptors (Lipinski definition) is 5. The second-order valence-electron chi connectivity index (χ2n) is 8.57. The third-order valence-corrected chi connectivity index (χ3v) is 5.89. The molecule has 152 valence electrons. The van der Waals surface area contributed by atoms with Gasteiger partial charge in [0, 0.05) is 5.56 Å². The largest absolute Gasteiger partial charge is 0.436 e. The average molecular weight is 400 g/mol. The molecule has 3 aromatic carbocycles. The quantitative estimate of drug-likeness (QED) is 0.398. The van der Waals surface area contributed by atoms with Crippen molar-refractivity contribution in [2.24, 2.45) is 0 Å². The molecule has 5 rings (SSSR count). The lowest BCUT2D eigenvalue weighted by molar-refractivity contribution is -0.0273. The molecule has 0 spiro atoms. The number of nitrogens with zero attached hydrogens (tertiary/aromatic N) is 2. The summed E-state index contributed by atoms with van der Waals surface area (Å²) in [5, 5.41) is 1.49. The van der Waals surface area contributed by atoms with E-state index in [1.807, 2.05) is 82.3 Å². The minimum absolute atomic E-state index is 0.428. The minimum atomic E-state index is -0.428. The Morgan fingerprint density at radius 2 is 1.33 bits per heavy atom. The molecule has 1 aliphatic rings. The van der Waals surface area contributed by atoms with Crippen molar-refractivity contribution in [3.63, 3.8) is 0 Å². The Balaban J connectivity index is 1.42. The molecule has 0 unspecified atom stereocenters. The van der Waals surface area contributed by atoms with E-state index in [-0.39, 0.29) is 0 Å². The molecule has 1 saturated heterocycles. The van der Waals surface area contributed by atoms with E-state index >= 15 is 0 Å². The van der Waals surface area contributed by atoms with E-state index in [9.17, 15) is 0 Å². The highest BCUT2D eigenvalue weighted by Gasteiger charge is 2.50. The maximum Gasteiger partial charge on any atom is 0.227 e. The van der Waals surface area contributed by atoms with E-state index in [0.29, 0.717) is 5.89 Å². The van der Waals surface area contributed by atoms with E-state index < -0.39 is 11.2 Å². The van der Waals surface area contributed by atoms with Gasteiger partial charge in [-0.1, -0.05) is 36.4 Å². The molecule has 2 heterocycles. The smallest absolute Gasteiger partial charge is 0.227 e. The molecule has 0 saturated carbocycles. The topological polar surface area (TPSA) is 47.7 Å². The van der Waals surface area contributed by atoms with Gasteiger partial charge in [-0.3, -0.25) is 0 Å². The van der Waals surface area contributed by atoms with E-state index in [1.54, 1.807) is 0 Å². The first-order valence-corrected chi connectivity index (χ1v) is 10.1. The molecular formula is C25H24N2O3. The Labute approximate surface area is 175 Å². The second-order valence-corrected chi connectivity index (χ2v) is 8.57. The monoisotopic (exact) mass is 400 g/mol. The van der Waals surface area contributed by atoms with Crippen LogP contribution in [-0.4, -0.2) is 16.2 Å². The number of aromatic nitrogens is 1. The summed E-state index contributed by atoms with van der Waals surface area (Å²) in [6, 6.07) is 24.1. The molecule has 5 heteroatoms. The van der Waals surface area contributed by atoms with Crippen LogP contribution >= 0.6 is 0 Å². The molecule has 0 amide bonds. The molecule has 0 radical (unpaired) electrons. The van der Waals surface area contributed by atoms with Gasteiger partial charge in [-0.05, 0) is 75.2 Å². The fourth-order valence-electron chi connectivity index (χ4n) is 3.34. The van der Waals surface area contributed by atoms with Crippen LogP contribution in [0.5, 0.6) is 0 Å².